The number of likely N-dealkylation sites (tertiary alicyclic amines) is 1. The standard InChI is InChI=1S/C10H19NO2/c1-8(2)13-10(12)11-6-4-5-9(3)7-11/h8-9H,4-7H2,1-3H3. The number of ether oxygens (including phenoxy) is 1. The van der Waals surface area contributed by atoms with E-state index in [0.29, 0.717) is 5.92 Å². The molecule has 0 aromatic carbocycles. The summed E-state index contributed by atoms with van der Waals surface area (Å²) in [5, 5.41) is 0. The molecule has 76 valence electrons. The Morgan fingerprint density at radius 2 is 2.23 bits per heavy atom. The summed E-state index contributed by atoms with van der Waals surface area (Å²) in [6.07, 6.45) is 2.17. The molecular formula is C10H19NO2. The molecule has 13 heavy (non-hydrogen) atoms. The molecule has 3 nitrogen and oxygen atoms in total. The maximum Gasteiger partial charge on any atom is 0.410 e. The van der Waals surface area contributed by atoms with Crippen LogP contribution in [0.4, 0.5) is 4.79 Å². The summed E-state index contributed by atoms with van der Waals surface area (Å²) in [5.74, 6) is 0.619. The number of rotatable bonds is 1. The first kappa shape index (κ1) is 10.4. The van der Waals surface area contributed by atoms with Crippen LogP contribution in [0.15, 0.2) is 0 Å². The number of piperidine rings is 1. The average molecular weight is 185 g/mol. The summed E-state index contributed by atoms with van der Waals surface area (Å²) in [4.78, 5) is 13.3. The zero-order valence-corrected chi connectivity index (χ0v) is 8.75. The zero-order valence-electron chi connectivity index (χ0n) is 8.75. The lowest BCUT2D eigenvalue weighted by molar-refractivity contribution is 0.0641. The van der Waals surface area contributed by atoms with Crippen LogP contribution in [0.2, 0.25) is 0 Å². The fraction of sp³-hybridized carbons (Fsp3) is 0.900. The first-order valence-corrected chi connectivity index (χ1v) is 5.05. The Kier molecular flexibility index (Phi) is 3.58. The average Bonchev–Trinajstić information content (AvgIpc) is 2.03. The van der Waals surface area contributed by atoms with Crippen molar-refractivity contribution in [3.8, 4) is 0 Å². The van der Waals surface area contributed by atoms with Gasteiger partial charge in [0.15, 0.2) is 0 Å². The molecule has 0 spiro atoms. The molecule has 0 aromatic heterocycles. The minimum Gasteiger partial charge on any atom is -0.447 e. The first-order valence-electron chi connectivity index (χ1n) is 5.05. The van der Waals surface area contributed by atoms with Crippen LogP contribution in [-0.4, -0.2) is 30.2 Å². The summed E-state index contributed by atoms with van der Waals surface area (Å²) in [7, 11) is 0. The van der Waals surface area contributed by atoms with Gasteiger partial charge >= 0.3 is 6.09 Å². The van der Waals surface area contributed by atoms with Gasteiger partial charge in [-0.2, -0.15) is 0 Å². The van der Waals surface area contributed by atoms with Crippen LogP contribution < -0.4 is 0 Å². The third-order valence-electron chi connectivity index (χ3n) is 2.25. The molecule has 1 amide bonds. The highest BCUT2D eigenvalue weighted by atomic mass is 16.6. The lowest BCUT2D eigenvalue weighted by Crippen LogP contribution is -2.40. The molecule has 0 radical (unpaired) electrons. The SMILES string of the molecule is CC1CCCN(C(=O)OC(C)C)C1. The molecule has 0 N–H and O–H groups in total. The molecular weight excluding hydrogens is 166 g/mol. The number of nitrogens with zero attached hydrogens (tertiary/aromatic N) is 1. The van der Waals surface area contributed by atoms with Gasteiger partial charge in [-0.15, -0.1) is 0 Å². The van der Waals surface area contributed by atoms with Crippen LogP contribution in [0.3, 0.4) is 0 Å². The summed E-state index contributed by atoms with van der Waals surface area (Å²) < 4.78 is 5.12. The van der Waals surface area contributed by atoms with Gasteiger partial charge < -0.3 is 9.64 Å². The Morgan fingerprint density at radius 1 is 1.54 bits per heavy atom. The van der Waals surface area contributed by atoms with Gasteiger partial charge in [-0.05, 0) is 32.6 Å². The van der Waals surface area contributed by atoms with E-state index in [1.165, 1.54) is 6.42 Å². The van der Waals surface area contributed by atoms with E-state index in [4.69, 9.17) is 4.74 Å². The van der Waals surface area contributed by atoms with Gasteiger partial charge in [0.2, 0.25) is 0 Å². The topological polar surface area (TPSA) is 29.5 Å². The molecule has 3 heteroatoms. The number of hydrogen-bond donors (Lipinski definition) is 0. The number of hydrogen-bond acceptors (Lipinski definition) is 2. The first-order chi connectivity index (χ1) is 6.09. The molecule has 1 aliphatic heterocycles. The lowest BCUT2D eigenvalue weighted by Gasteiger charge is -2.30. The van der Waals surface area contributed by atoms with Gasteiger partial charge in [0.25, 0.3) is 0 Å². The van der Waals surface area contributed by atoms with E-state index < -0.39 is 0 Å². The predicted molar refractivity (Wildman–Crippen MR) is 51.6 cm³/mol. The quantitative estimate of drug-likeness (QED) is 0.627. The number of carbonyl (C=O) groups excluding carboxylic acids is 1. The van der Waals surface area contributed by atoms with Crippen LogP contribution in [0, 0.1) is 5.92 Å². The summed E-state index contributed by atoms with van der Waals surface area (Å²) in [5.41, 5.74) is 0. The van der Waals surface area contributed by atoms with E-state index in [9.17, 15) is 4.79 Å². The minimum absolute atomic E-state index is 0.00951. The molecule has 1 atom stereocenters. The third-order valence-corrected chi connectivity index (χ3v) is 2.25. The van der Waals surface area contributed by atoms with E-state index in [0.717, 1.165) is 19.5 Å². The summed E-state index contributed by atoms with van der Waals surface area (Å²) in [6, 6.07) is 0. The van der Waals surface area contributed by atoms with Crippen LogP contribution in [-0.2, 0) is 4.74 Å². The van der Waals surface area contributed by atoms with Crippen LogP contribution >= 0.6 is 0 Å². The van der Waals surface area contributed by atoms with Gasteiger partial charge in [0.1, 0.15) is 0 Å². The van der Waals surface area contributed by atoms with Gasteiger partial charge in [0, 0.05) is 13.1 Å². The van der Waals surface area contributed by atoms with E-state index in [-0.39, 0.29) is 12.2 Å². The van der Waals surface area contributed by atoms with E-state index >= 15 is 0 Å². The van der Waals surface area contributed by atoms with Gasteiger partial charge in [-0.1, -0.05) is 6.92 Å². The molecule has 1 heterocycles. The fourth-order valence-corrected chi connectivity index (χ4v) is 1.63. The summed E-state index contributed by atoms with van der Waals surface area (Å²) in [6.45, 7) is 7.65. The maximum absolute atomic E-state index is 11.5. The Balaban J connectivity index is 2.37. The lowest BCUT2D eigenvalue weighted by atomic mass is 10.0. The number of amides is 1. The highest BCUT2D eigenvalue weighted by Gasteiger charge is 2.22. The zero-order chi connectivity index (χ0) is 9.84. The molecule has 1 aliphatic rings. The fourth-order valence-electron chi connectivity index (χ4n) is 1.63. The van der Waals surface area contributed by atoms with Crippen molar-refractivity contribution < 1.29 is 9.53 Å². The second-order valence-corrected chi connectivity index (χ2v) is 4.13. The van der Waals surface area contributed by atoms with Gasteiger partial charge in [0.05, 0.1) is 6.10 Å². The van der Waals surface area contributed by atoms with Crippen molar-refractivity contribution >= 4 is 6.09 Å². The van der Waals surface area contributed by atoms with E-state index in [1.807, 2.05) is 18.7 Å². The van der Waals surface area contributed by atoms with Crippen LogP contribution in [0.1, 0.15) is 33.6 Å². The predicted octanol–water partition coefficient (Wildman–Crippen LogP) is 2.26. The van der Waals surface area contributed by atoms with Crippen molar-refractivity contribution in [1.29, 1.82) is 0 Å². The van der Waals surface area contributed by atoms with Gasteiger partial charge in [-0.25, -0.2) is 4.79 Å². The van der Waals surface area contributed by atoms with Crippen molar-refractivity contribution in [1.82, 2.24) is 4.90 Å². The smallest absolute Gasteiger partial charge is 0.410 e. The second-order valence-electron chi connectivity index (χ2n) is 4.13. The third kappa shape index (κ3) is 3.25. The largest absolute Gasteiger partial charge is 0.447 e. The Morgan fingerprint density at radius 3 is 2.77 bits per heavy atom. The summed E-state index contributed by atoms with van der Waals surface area (Å²) >= 11 is 0. The molecule has 0 aliphatic carbocycles. The van der Waals surface area contributed by atoms with Crippen molar-refractivity contribution in [3.63, 3.8) is 0 Å². The monoisotopic (exact) mass is 185 g/mol. The van der Waals surface area contributed by atoms with Crippen LogP contribution in [0.5, 0.6) is 0 Å². The maximum atomic E-state index is 11.5. The van der Waals surface area contributed by atoms with Gasteiger partial charge in [-0.3, -0.25) is 0 Å². The Labute approximate surface area is 80.1 Å². The van der Waals surface area contributed by atoms with E-state index in [2.05, 4.69) is 6.92 Å². The van der Waals surface area contributed by atoms with Crippen LogP contribution in [0.25, 0.3) is 0 Å². The Bertz CT molecular complexity index is 180. The molecule has 0 saturated carbocycles. The van der Waals surface area contributed by atoms with Crippen molar-refractivity contribution in [2.24, 2.45) is 5.92 Å². The minimum atomic E-state index is -0.151. The molecule has 1 unspecified atom stereocenters. The molecule has 0 aromatic rings. The Hall–Kier alpha value is -0.730. The van der Waals surface area contributed by atoms with Crippen molar-refractivity contribution in [2.75, 3.05) is 13.1 Å². The molecule has 1 fully saturated rings. The molecule has 1 rings (SSSR count). The molecule has 0 bridgehead atoms. The van der Waals surface area contributed by atoms with Crippen molar-refractivity contribution in [2.45, 2.75) is 39.7 Å². The van der Waals surface area contributed by atoms with E-state index in [1.54, 1.807) is 0 Å². The highest BCUT2D eigenvalue weighted by Crippen LogP contribution is 2.16. The normalized spacial score (nSPS) is 23.4. The number of carbonyl (C=O) groups is 1. The second kappa shape index (κ2) is 4.49. The highest BCUT2D eigenvalue weighted by molar-refractivity contribution is 5.67. The molecule has 1 saturated heterocycles. The van der Waals surface area contributed by atoms with Crippen molar-refractivity contribution in [3.05, 3.63) is 0 Å².